The molecule has 1 aliphatic heterocycles. The summed E-state index contributed by atoms with van der Waals surface area (Å²) in [5.74, 6) is -1.31. The molecule has 6 nitrogen and oxygen atoms in total. The number of hydrogen-bond acceptors (Lipinski definition) is 4. The number of nitrogens with zero attached hydrogens (tertiary/aromatic N) is 2. The minimum Gasteiger partial charge on any atom is -0.481 e. The van der Waals surface area contributed by atoms with Crippen LogP contribution in [0.4, 0.5) is 0 Å². The minimum absolute atomic E-state index is 0.197. The van der Waals surface area contributed by atoms with Crippen LogP contribution in [0.2, 0.25) is 0 Å². The fourth-order valence-corrected chi connectivity index (χ4v) is 1.81. The predicted octanol–water partition coefficient (Wildman–Crippen LogP) is 0.611. The Balaban J connectivity index is 1.94. The molecule has 2 heterocycles. The maximum absolute atomic E-state index is 11.8. The Hall–Kier alpha value is -1.85. The molecule has 1 aliphatic rings. The summed E-state index contributed by atoms with van der Waals surface area (Å²) in [5, 5.41) is 12.4. The molecule has 1 fully saturated rings. The van der Waals surface area contributed by atoms with Crippen LogP contribution in [0.15, 0.2) is 16.9 Å². The van der Waals surface area contributed by atoms with Gasteiger partial charge in [0, 0.05) is 19.2 Å². The molecule has 1 aromatic rings. The number of likely N-dealkylation sites (tertiary alicyclic amines) is 1. The van der Waals surface area contributed by atoms with E-state index in [4.69, 9.17) is 5.11 Å². The molecule has 16 heavy (non-hydrogen) atoms. The molecule has 1 N–H and O–H groups in total. The number of carbonyl (C=O) groups is 2. The summed E-state index contributed by atoms with van der Waals surface area (Å²) < 4.78 is 4.59. The standard InChI is InChI=1S/C10H12N2O4/c13-9(8-3-6-16-11-8)12-4-1-7(2-5-12)10(14)15/h3,6-7H,1-2,4-5H2,(H,14,15). The molecule has 1 amide bonds. The van der Waals surface area contributed by atoms with E-state index in [9.17, 15) is 9.59 Å². The predicted molar refractivity (Wildman–Crippen MR) is 52.8 cm³/mol. The first-order valence-corrected chi connectivity index (χ1v) is 5.11. The zero-order chi connectivity index (χ0) is 11.5. The number of amides is 1. The average molecular weight is 224 g/mol. The van der Waals surface area contributed by atoms with Crippen molar-refractivity contribution < 1.29 is 19.2 Å². The van der Waals surface area contributed by atoms with Crippen molar-refractivity contribution in [2.24, 2.45) is 5.92 Å². The molecule has 0 atom stereocenters. The van der Waals surface area contributed by atoms with Crippen LogP contribution in [0.3, 0.4) is 0 Å². The largest absolute Gasteiger partial charge is 0.481 e. The van der Waals surface area contributed by atoms with Gasteiger partial charge in [-0.2, -0.15) is 0 Å². The van der Waals surface area contributed by atoms with Crippen LogP contribution in [0.1, 0.15) is 23.3 Å². The van der Waals surface area contributed by atoms with Gasteiger partial charge in [-0.3, -0.25) is 9.59 Å². The summed E-state index contributed by atoms with van der Waals surface area (Å²) in [6.07, 6.45) is 2.34. The molecule has 0 spiro atoms. The topological polar surface area (TPSA) is 83.6 Å². The van der Waals surface area contributed by atoms with Gasteiger partial charge < -0.3 is 14.5 Å². The molecule has 0 bridgehead atoms. The van der Waals surface area contributed by atoms with Gasteiger partial charge in [0.2, 0.25) is 0 Å². The van der Waals surface area contributed by atoms with Gasteiger partial charge in [0.15, 0.2) is 5.69 Å². The maximum atomic E-state index is 11.8. The van der Waals surface area contributed by atoms with Gasteiger partial charge >= 0.3 is 5.97 Å². The summed E-state index contributed by atoms with van der Waals surface area (Å²) in [6.45, 7) is 0.922. The van der Waals surface area contributed by atoms with E-state index in [2.05, 4.69) is 9.68 Å². The molecule has 0 saturated carbocycles. The quantitative estimate of drug-likeness (QED) is 0.795. The van der Waals surface area contributed by atoms with E-state index in [0.717, 1.165) is 0 Å². The van der Waals surface area contributed by atoms with Gasteiger partial charge in [0.1, 0.15) is 6.26 Å². The molecule has 0 radical (unpaired) electrons. The van der Waals surface area contributed by atoms with Crippen LogP contribution >= 0.6 is 0 Å². The summed E-state index contributed by atoms with van der Waals surface area (Å²) in [6, 6.07) is 1.51. The molecule has 86 valence electrons. The SMILES string of the molecule is O=C(O)C1CCN(C(=O)c2ccon2)CC1. The third-order valence-corrected chi connectivity index (χ3v) is 2.79. The molecular weight excluding hydrogens is 212 g/mol. The fourth-order valence-electron chi connectivity index (χ4n) is 1.81. The highest BCUT2D eigenvalue weighted by atomic mass is 16.5. The van der Waals surface area contributed by atoms with E-state index in [0.29, 0.717) is 25.9 Å². The van der Waals surface area contributed by atoms with Crippen molar-refractivity contribution >= 4 is 11.9 Å². The number of carbonyl (C=O) groups excluding carboxylic acids is 1. The third-order valence-electron chi connectivity index (χ3n) is 2.79. The molecule has 1 aromatic heterocycles. The highest BCUT2D eigenvalue weighted by Gasteiger charge is 2.28. The van der Waals surface area contributed by atoms with Crippen LogP contribution in [-0.2, 0) is 4.79 Å². The van der Waals surface area contributed by atoms with Crippen molar-refractivity contribution in [2.45, 2.75) is 12.8 Å². The van der Waals surface area contributed by atoms with Crippen LogP contribution in [-0.4, -0.2) is 40.1 Å². The fraction of sp³-hybridized carbons (Fsp3) is 0.500. The lowest BCUT2D eigenvalue weighted by Gasteiger charge is -2.29. The maximum Gasteiger partial charge on any atom is 0.306 e. The van der Waals surface area contributed by atoms with Crippen molar-refractivity contribution in [3.8, 4) is 0 Å². The number of aromatic nitrogens is 1. The zero-order valence-corrected chi connectivity index (χ0v) is 8.63. The average Bonchev–Trinajstić information content (AvgIpc) is 2.81. The van der Waals surface area contributed by atoms with Crippen molar-refractivity contribution in [3.63, 3.8) is 0 Å². The Bertz CT molecular complexity index is 380. The Morgan fingerprint density at radius 2 is 2.12 bits per heavy atom. The van der Waals surface area contributed by atoms with Crippen LogP contribution in [0.25, 0.3) is 0 Å². The molecule has 2 rings (SSSR count). The molecule has 0 aliphatic carbocycles. The third kappa shape index (κ3) is 2.05. The molecule has 1 saturated heterocycles. The summed E-state index contributed by atoms with van der Waals surface area (Å²) in [7, 11) is 0. The molecule has 0 unspecified atom stereocenters. The van der Waals surface area contributed by atoms with E-state index in [1.54, 1.807) is 4.90 Å². The first-order valence-electron chi connectivity index (χ1n) is 5.11. The highest BCUT2D eigenvalue weighted by Crippen LogP contribution is 2.18. The normalized spacial score (nSPS) is 17.4. The number of carboxylic acid groups (broad SMARTS) is 1. The number of aliphatic carboxylic acids is 1. The van der Waals surface area contributed by atoms with Crippen LogP contribution in [0, 0.1) is 5.92 Å². The van der Waals surface area contributed by atoms with Gasteiger partial charge in [-0.25, -0.2) is 0 Å². The highest BCUT2D eigenvalue weighted by molar-refractivity contribution is 5.92. The molecular formula is C10H12N2O4. The first kappa shape index (κ1) is 10.7. The minimum atomic E-state index is -0.784. The van der Waals surface area contributed by atoms with Crippen molar-refractivity contribution in [3.05, 3.63) is 18.0 Å². The van der Waals surface area contributed by atoms with Crippen molar-refractivity contribution in [1.82, 2.24) is 10.1 Å². The lowest BCUT2D eigenvalue weighted by atomic mass is 9.97. The van der Waals surface area contributed by atoms with Gasteiger partial charge in [0.25, 0.3) is 5.91 Å². The number of piperidine rings is 1. The Kier molecular flexibility index (Phi) is 2.89. The Labute approximate surface area is 91.8 Å². The van der Waals surface area contributed by atoms with Crippen molar-refractivity contribution in [2.75, 3.05) is 13.1 Å². The van der Waals surface area contributed by atoms with E-state index >= 15 is 0 Å². The Morgan fingerprint density at radius 1 is 1.44 bits per heavy atom. The van der Waals surface area contributed by atoms with E-state index in [1.165, 1.54) is 12.3 Å². The second-order valence-corrected chi connectivity index (χ2v) is 3.79. The second kappa shape index (κ2) is 4.34. The lowest BCUT2D eigenvalue weighted by molar-refractivity contribution is -0.143. The van der Waals surface area contributed by atoms with Crippen molar-refractivity contribution in [1.29, 1.82) is 0 Å². The smallest absolute Gasteiger partial charge is 0.306 e. The van der Waals surface area contributed by atoms with Gasteiger partial charge in [-0.1, -0.05) is 5.16 Å². The Morgan fingerprint density at radius 3 is 2.62 bits per heavy atom. The van der Waals surface area contributed by atoms with E-state index < -0.39 is 5.97 Å². The van der Waals surface area contributed by atoms with Gasteiger partial charge in [-0.15, -0.1) is 0 Å². The lowest BCUT2D eigenvalue weighted by Crippen LogP contribution is -2.40. The first-order chi connectivity index (χ1) is 7.68. The summed E-state index contributed by atoms with van der Waals surface area (Å²) >= 11 is 0. The van der Waals surface area contributed by atoms with E-state index in [-0.39, 0.29) is 17.5 Å². The molecule has 6 heteroatoms. The number of hydrogen-bond donors (Lipinski definition) is 1. The summed E-state index contributed by atoms with van der Waals surface area (Å²) in [4.78, 5) is 24.1. The number of rotatable bonds is 2. The van der Waals surface area contributed by atoms with Gasteiger partial charge in [0.05, 0.1) is 5.92 Å². The zero-order valence-electron chi connectivity index (χ0n) is 8.63. The monoisotopic (exact) mass is 224 g/mol. The van der Waals surface area contributed by atoms with Crippen LogP contribution < -0.4 is 0 Å². The van der Waals surface area contributed by atoms with Gasteiger partial charge in [-0.05, 0) is 12.8 Å². The number of carboxylic acids is 1. The van der Waals surface area contributed by atoms with E-state index in [1.807, 2.05) is 0 Å². The second-order valence-electron chi connectivity index (χ2n) is 3.79. The molecule has 0 aromatic carbocycles. The summed E-state index contributed by atoms with van der Waals surface area (Å²) in [5.41, 5.74) is 0.272. The van der Waals surface area contributed by atoms with Crippen LogP contribution in [0.5, 0.6) is 0 Å².